The Labute approximate surface area is 252 Å². The molecule has 44 heavy (non-hydrogen) atoms. The minimum absolute atomic E-state index is 0.0156. The number of alkyl halides is 3. The van der Waals surface area contributed by atoms with E-state index in [1.807, 2.05) is 6.92 Å². The number of aliphatic hydroxyl groups is 3. The Morgan fingerprint density at radius 3 is 2.32 bits per heavy atom. The van der Waals surface area contributed by atoms with E-state index in [0.29, 0.717) is 29.7 Å². The van der Waals surface area contributed by atoms with Crippen LogP contribution in [0, 0.1) is 11.8 Å². The topological polar surface area (TPSA) is 124 Å². The van der Waals surface area contributed by atoms with Gasteiger partial charge >= 0.3 is 6.18 Å². The molecule has 0 heterocycles. The number of likely N-dealkylation sites (N-methyl/N-ethyl adjacent to an activating group) is 1. The predicted octanol–water partition coefficient (Wildman–Crippen LogP) is 5.23. The molecule has 3 aliphatic carbocycles. The molecule has 1 fully saturated rings. The Morgan fingerprint density at radius 1 is 1.09 bits per heavy atom. The number of hydrogen-bond acceptors (Lipinski definition) is 8. The van der Waals surface area contributed by atoms with Crippen molar-refractivity contribution in [1.82, 2.24) is 4.90 Å². The van der Waals surface area contributed by atoms with Gasteiger partial charge < -0.3 is 20.1 Å². The summed E-state index contributed by atoms with van der Waals surface area (Å²) in [6.07, 6.45) is -2.89. The van der Waals surface area contributed by atoms with Crippen molar-refractivity contribution in [2.45, 2.75) is 57.3 Å². The molecule has 0 radical (unpaired) electrons. The van der Waals surface area contributed by atoms with Gasteiger partial charge in [0, 0.05) is 11.5 Å². The Morgan fingerprint density at radius 2 is 1.75 bits per heavy atom. The van der Waals surface area contributed by atoms with Gasteiger partial charge in [0.2, 0.25) is 5.78 Å². The normalized spacial score (nSPS) is 25.2. The molecule has 0 spiro atoms. The van der Waals surface area contributed by atoms with Gasteiger partial charge in [-0.25, -0.2) is 0 Å². The molecule has 0 saturated heterocycles. The summed E-state index contributed by atoms with van der Waals surface area (Å²) in [6.45, 7) is 3.33. The summed E-state index contributed by atoms with van der Waals surface area (Å²) in [5.74, 6) is -5.66. The average molecular weight is 614 g/mol. The smallest absolute Gasteiger partial charge is 0.416 e. The van der Waals surface area contributed by atoms with Crippen LogP contribution in [0.25, 0.3) is 16.9 Å². The highest BCUT2D eigenvalue weighted by atomic mass is 19.4. The zero-order valence-electron chi connectivity index (χ0n) is 24.8. The number of ether oxygens (including phenoxy) is 1. The number of fused-ring (bicyclic) bond motifs is 3. The molecule has 1 saturated carbocycles. The second-order valence-electron chi connectivity index (χ2n) is 11.9. The van der Waals surface area contributed by atoms with Crippen molar-refractivity contribution >= 4 is 23.1 Å². The predicted molar refractivity (Wildman–Crippen MR) is 155 cm³/mol. The number of halogens is 3. The second kappa shape index (κ2) is 11.2. The number of carbonyl (C=O) groups is 3. The number of carbonyl (C=O) groups excluding carboxylic acids is 3. The van der Waals surface area contributed by atoms with Crippen LogP contribution < -0.4 is 4.74 Å². The fourth-order valence-corrected chi connectivity index (χ4v) is 6.89. The second-order valence-corrected chi connectivity index (χ2v) is 11.9. The standard InChI is InChI=1S/C33H34F3NO7/c1-5-6-13-44-23-12-11-20(17-7-9-19(10-8-17)33(34,35)36)21-14-18-15-22-27(37(3)4)29(40)24(16(2)38)30(41)32(22,43)31(42)25(18)28(39)26(21)23/h7-12,18,22,27,39,41,43H,5-6,13-15H2,1-4H3/t18-,22-,27-,32+/m0/s1. The Kier molecular flexibility index (Phi) is 8.00. The van der Waals surface area contributed by atoms with E-state index in [9.17, 15) is 42.9 Å². The van der Waals surface area contributed by atoms with Gasteiger partial charge in [-0.3, -0.25) is 19.3 Å². The highest BCUT2D eigenvalue weighted by Crippen LogP contribution is 2.54. The first-order chi connectivity index (χ1) is 20.6. The van der Waals surface area contributed by atoms with E-state index in [0.717, 1.165) is 25.5 Å². The molecule has 3 aliphatic rings. The SMILES string of the molecule is CCCCOc1ccc(-c2ccc(C(F)(F)F)cc2)c2c1C(O)=C1C(=O)[C@]3(O)C(O)=C(C(C)=O)C(=O)[C@@H](N(C)C)[C@@H]3C[C@@H]1C2. The zero-order chi connectivity index (χ0) is 32.3. The number of unbranched alkanes of at least 4 members (excludes halogenated alkanes) is 1. The van der Waals surface area contributed by atoms with Crippen LogP contribution >= 0.6 is 0 Å². The summed E-state index contributed by atoms with van der Waals surface area (Å²) < 4.78 is 45.8. The van der Waals surface area contributed by atoms with E-state index in [-0.39, 0.29) is 29.7 Å². The van der Waals surface area contributed by atoms with Gasteiger partial charge in [-0.05, 0) is 81.1 Å². The van der Waals surface area contributed by atoms with Gasteiger partial charge in [0.1, 0.15) is 22.8 Å². The van der Waals surface area contributed by atoms with Crippen LogP contribution in [-0.2, 0) is 27.0 Å². The number of hydrogen-bond donors (Lipinski definition) is 3. The van der Waals surface area contributed by atoms with Crippen LogP contribution in [0.15, 0.2) is 53.3 Å². The maximum atomic E-state index is 14.2. The third-order valence-corrected chi connectivity index (χ3v) is 8.97. The van der Waals surface area contributed by atoms with Crippen molar-refractivity contribution in [3.63, 3.8) is 0 Å². The summed E-state index contributed by atoms with van der Waals surface area (Å²) in [5, 5.41) is 34.8. The van der Waals surface area contributed by atoms with E-state index in [4.69, 9.17) is 4.74 Å². The van der Waals surface area contributed by atoms with Gasteiger partial charge in [0.05, 0.1) is 23.8 Å². The van der Waals surface area contributed by atoms with Crippen molar-refractivity contribution in [3.05, 3.63) is 70.0 Å². The molecular formula is C33H34F3NO7. The first-order valence-electron chi connectivity index (χ1n) is 14.5. The van der Waals surface area contributed by atoms with Crippen molar-refractivity contribution < 1.29 is 47.6 Å². The molecule has 0 aromatic heterocycles. The Balaban J connectivity index is 1.72. The quantitative estimate of drug-likeness (QED) is 0.287. The molecule has 0 unspecified atom stereocenters. The van der Waals surface area contributed by atoms with Crippen molar-refractivity contribution in [3.8, 4) is 16.9 Å². The third-order valence-electron chi connectivity index (χ3n) is 8.97. The molecular weight excluding hydrogens is 579 g/mol. The van der Waals surface area contributed by atoms with Crippen LogP contribution in [0.4, 0.5) is 13.2 Å². The van der Waals surface area contributed by atoms with E-state index < -0.39 is 69.7 Å². The van der Waals surface area contributed by atoms with Crippen molar-refractivity contribution in [2.75, 3.05) is 20.7 Å². The van der Waals surface area contributed by atoms with Crippen LogP contribution in [0.5, 0.6) is 5.75 Å². The fourth-order valence-electron chi connectivity index (χ4n) is 6.89. The molecule has 0 amide bonds. The van der Waals surface area contributed by atoms with Gasteiger partial charge in [0.15, 0.2) is 17.2 Å². The number of aliphatic hydroxyl groups excluding tert-OH is 2. The minimum Gasteiger partial charge on any atom is -0.508 e. The van der Waals surface area contributed by atoms with Crippen molar-refractivity contribution in [2.24, 2.45) is 11.8 Å². The monoisotopic (exact) mass is 613 g/mol. The molecule has 2 aromatic carbocycles. The highest BCUT2D eigenvalue weighted by Gasteiger charge is 2.64. The molecule has 234 valence electrons. The third kappa shape index (κ3) is 4.82. The Bertz CT molecular complexity index is 1610. The maximum absolute atomic E-state index is 14.2. The average Bonchev–Trinajstić information content (AvgIpc) is 2.94. The van der Waals surface area contributed by atoms with Crippen LogP contribution in [-0.4, -0.2) is 69.9 Å². The van der Waals surface area contributed by atoms with Crippen LogP contribution in [0.2, 0.25) is 0 Å². The molecule has 4 atom stereocenters. The summed E-state index contributed by atoms with van der Waals surface area (Å²) in [6, 6.07) is 6.77. The number of nitrogens with zero attached hydrogens (tertiary/aromatic N) is 1. The summed E-state index contributed by atoms with van der Waals surface area (Å²) in [7, 11) is 3.13. The number of benzene rings is 2. The lowest BCUT2D eigenvalue weighted by Crippen LogP contribution is -2.65. The lowest BCUT2D eigenvalue weighted by atomic mass is 9.57. The first-order valence-corrected chi connectivity index (χ1v) is 14.5. The molecule has 2 aromatic rings. The first kappa shape index (κ1) is 31.5. The van der Waals surface area contributed by atoms with E-state index in [1.54, 1.807) is 26.2 Å². The number of rotatable bonds is 7. The minimum atomic E-state index is -4.52. The van der Waals surface area contributed by atoms with E-state index >= 15 is 0 Å². The molecule has 0 bridgehead atoms. The summed E-state index contributed by atoms with van der Waals surface area (Å²) in [5.41, 5.74) is -2.58. The van der Waals surface area contributed by atoms with Gasteiger partial charge in [0.25, 0.3) is 0 Å². The van der Waals surface area contributed by atoms with Gasteiger partial charge in [-0.1, -0.05) is 31.5 Å². The molecule has 5 rings (SSSR count). The number of ketones is 3. The lowest BCUT2D eigenvalue weighted by Gasteiger charge is -2.50. The maximum Gasteiger partial charge on any atom is 0.416 e. The van der Waals surface area contributed by atoms with E-state index in [1.165, 1.54) is 17.0 Å². The van der Waals surface area contributed by atoms with Crippen molar-refractivity contribution in [1.29, 1.82) is 0 Å². The lowest BCUT2D eigenvalue weighted by molar-refractivity contribution is -0.153. The van der Waals surface area contributed by atoms with Gasteiger partial charge in [-0.2, -0.15) is 13.2 Å². The zero-order valence-corrected chi connectivity index (χ0v) is 24.8. The van der Waals surface area contributed by atoms with Crippen LogP contribution in [0.1, 0.15) is 49.8 Å². The van der Waals surface area contributed by atoms with E-state index in [2.05, 4.69) is 0 Å². The molecule has 11 heteroatoms. The fraction of sp³-hybridized carbons (Fsp3) is 0.424. The highest BCUT2D eigenvalue weighted by molar-refractivity contribution is 6.25. The van der Waals surface area contributed by atoms with Gasteiger partial charge in [-0.15, -0.1) is 0 Å². The molecule has 3 N–H and O–H groups in total. The van der Waals surface area contributed by atoms with Crippen LogP contribution in [0.3, 0.4) is 0 Å². The molecule has 0 aliphatic heterocycles. The number of Topliss-reactive ketones (excluding diaryl/α,β-unsaturated/α-hetero) is 3. The molecule has 8 nitrogen and oxygen atoms in total. The summed E-state index contributed by atoms with van der Waals surface area (Å²) >= 11 is 0. The Hall–Kier alpha value is -3.96. The summed E-state index contributed by atoms with van der Waals surface area (Å²) in [4.78, 5) is 41.5. The largest absolute Gasteiger partial charge is 0.508 e.